The topological polar surface area (TPSA) is 60.7 Å². The molecule has 3 heteroatoms. The van der Waals surface area contributed by atoms with Gasteiger partial charge in [0.25, 0.3) is 0 Å². The maximum atomic E-state index is 10.0. The maximum absolute atomic E-state index is 10.0. The minimum absolute atomic E-state index is 0.00500. The fourth-order valence-electron chi connectivity index (χ4n) is 1.86. The van der Waals surface area contributed by atoms with Gasteiger partial charge < -0.3 is 15.3 Å². The highest BCUT2D eigenvalue weighted by molar-refractivity contribution is 5.77. The molecule has 0 aliphatic heterocycles. The third-order valence-corrected chi connectivity index (χ3v) is 2.92. The highest BCUT2D eigenvalue weighted by Gasteiger charge is 2.15. The number of phenols is 3. The van der Waals surface area contributed by atoms with Gasteiger partial charge in [0.05, 0.1) is 0 Å². The molecule has 0 saturated carbocycles. The number of hydrogen-bond acceptors (Lipinski definition) is 3. The maximum Gasteiger partial charge on any atom is 0.164 e. The SMILES string of the molecule is Cc1ccccc1-c1cc(O)c(O)c(C)c1O. The Bertz CT molecular complexity index is 574. The monoisotopic (exact) mass is 230 g/mol. The second kappa shape index (κ2) is 4.01. The zero-order valence-corrected chi connectivity index (χ0v) is 9.73. The molecule has 88 valence electrons. The molecule has 2 aromatic rings. The third kappa shape index (κ3) is 1.80. The molecule has 0 aromatic heterocycles. The number of aromatic hydroxyl groups is 3. The van der Waals surface area contributed by atoms with Crippen molar-refractivity contribution >= 4 is 0 Å². The Hall–Kier alpha value is -2.16. The summed E-state index contributed by atoms with van der Waals surface area (Å²) in [7, 11) is 0. The lowest BCUT2D eigenvalue weighted by atomic mass is 9.97. The lowest BCUT2D eigenvalue weighted by molar-refractivity contribution is 0.393. The Morgan fingerprint density at radius 1 is 0.824 bits per heavy atom. The van der Waals surface area contributed by atoms with Crippen molar-refractivity contribution in [2.24, 2.45) is 0 Å². The molecule has 0 unspecified atom stereocenters. The van der Waals surface area contributed by atoms with Gasteiger partial charge in [0.2, 0.25) is 0 Å². The van der Waals surface area contributed by atoms with Gasteiger partial charge in [-0.25, -0.2) is 0 Å². The van der Waals surface area contributed by atoms with Crippen molar-refractivity contribution in [3.8, 4) is 28.4 Å². The fourth-order valence-corrected chi connectivity index (χ4v) is 1.86. The summed E-state index contributed by atoms with van der Waals surface area (Å²) in [6, 6.07) is 8.93. The molecule has 3 nitrogen and oxygen atoms in total. The number of phenolic OH excluding ortho intramolecular Hbond substituents is 3. The molecule has 0 amide bonds. The molecule has 0 bridgehead atoms. The standard InChI is InChI=1S/C14H14O3/c1-8-5-3-4-6-10(8)11-7-12(15)14(17)9(2)13(11)16/h3-7,15-17H,1-2H3. The van der Waals surface area contributed by atoms with Crippen LogP contribution in [0.15, 0.2) is 30.3 Å². The van der Waals surface area contributed by atoms with E-state index in [-0.39, 0.29) is 22.8 Å². The van der Waals surface area contributed by atoms with Crippen LogP contribution in [-0.2, 0) is 0 Å². The quantitative estimate of drug-likeness (QED) is 0.521. The molecular weight excluding hydrogens is 216 g/mol. The Balaban J connectivity index is 2.73. The minimum atomic E-state index is -0.278. The van der Waals surface area contributed by atoms with Gasteiger partial charge in [-0.05, 0) is 31.0 Å². The molecule has 0 atom stereocenters. The van der Waals surface area contributed by atoms with Gasteiger partial charge in [-0.2, -0.15) is 0 Å². The van der Waals surface area contributed by atoms with E-state index in [1.54, 1.807) is 6.92 Å². The van der Waals surface area contributed by atoms with Crippen molar-refractivity contribution in [2.75, 3.05) is 0 Å². The first-order valence-electron chi connectivity index (χ1n) is 5.33. The highest BCUT2D eigenvalue weighted by Crippen LogP contribution is 2.42. The van der Waals surface area contributed by atoms with Crippen LogP contribution in [0.1, 0.15) is 11.1 Å². The van der Waals surface area contributed by atoms with Crippen molar-refractivity contribution in [1.29, 1.82) is 0 Å². The Kier molecular flexibility index (Phi) is 2.68. The summed E-state index contributed by atoms with van der Waals surface area (Å²) in [4.78, 5) is 0. The van der Waals surface area contributed by atoms with E-state index >= 15 is 0 Å². The molecule has 0 aliphatic carbocycles. The average Bonchev–Trinajstić information content (AvgIpc) is 2.32. The second-order valence-corrected chi connectivity index (χ2v) is 4.08. The number of rotatable bonds is 1. The van der Waals surface area contributed by atoms with Crippen LogP contribution in [0.4, 0.5) is 0 Å². The van der Waals surface area contributed by atoms with E-state index in [1.807, 2.05) is 31.2 Å². The first-order chi connectivity index (χ1) is 8.02. The van der Waals surface area contributed by atoms with E-state index in [4.69, 9.17) is 0 Å². The van der Waals surface area contributed by atoms with E-state index in [1.165, 1.54) is 6.07 Å². The predicted molar refractivity (Wildman–Crippen MR) is 66.3 cm³/mol. The third-order valence-electron chi connectivity index (χ3n) is 2.92. The summed E-state index contributed by atoms with van der Waals surface area (Å²) in [5.41, 5.74) is 2.63. The van der Waals surface area contributed by atoms with Crippen LogP contribution in [0.25, 0.3) is 11.1 Å². The van der Waals surface area contributed by atoms with E-state index in [2.05, 4.69) is 0 Å². The van der Waals surface area contributed by atoms with Crippen LogP contribution in [-0.4, -0.2) is 15.3 Å². The van der Waals surface area contributed by atoms with E-state index in [9.17, 15) is 15.3 Å². The lowest BCUT2D eigenvalue weighted by Gasteiger charge is -2.12. The number of hydrogen-bond donors (Lipinski definition) is 3. The van der Waals surface area contributed by atoms with Crippen molar-refractivity contribution in [3.63, 3.8) is 0 Å². The molecule has 0 heterocycles. The molecule has 0 fully saturated rings. The van der Waals surface area contributed by atoms with Gasteiger partial charge in [0.1, 0.15) is 5.75 Å². The summed E-state index contributed by atoms with van der Waals surface area (Å²) >= 11 is 0. The molecule has 2 rings (SSSR count). The largest absolute Gasteiger partial charge is 0.507 e. The summed E-state index contributed by atoms with van der Waals surface area (Å²) in [5.74, 6) is -0.506. The summed E-state index contributed by atoms with van der Waals surface area (Å²) in [6.45, 7) is 3.49. The van der Waals surface area contributed by atoms with Crippen molar-refractivity contribution in [3.05, 3.63) is 41.5 Å². The van der Waals surface area contributed by atoms with E-state index < -0.39 is 0 Å². The second-order valence-electron chi connectivity index (χ2n) is 4.08. The molecule has 0 saturated heterocycles. The molecule has 3 N–H and O–H groups in total. The van der Waals surface area contributed by atoms with Crippen LogP contribution >= 0.6 is 0 Å². The van der Waals surface area contributed by atoms with E-state index in [0.717, 1.165) is 11.1 Å². The number of aryl methyl sites for hydroxylation is 1. The van der Waals surface area contributed by atoms with Crippen molar-refractivity contribution in [2.45, 2.75) is 13.8 Å². The van der Waals surface area contributed by atoms with E-state index in [0.29, 0.717) is 5.56 Å². The summed E-state index contributed by atoms with van der Waals surface area (Å²) in [5, 5.41) is 29.1. The van der Waals surface area contributed by atoms with Crippen LogP contribution in [0.2, 0.25) is 0 Å². The minimum Gasteiger partial charge on any atom is -0.507 e. The number of benzene rings is 2. The highest BCUT2D eigenvalue weighted by atomic mass is 16.3. The lowest BCUT2D eigenvalue weighted by Crippen LogP contribution is -1.87. The van der Waals surface area contributed by atoms with Crippen LogP contribution in [0.3, 0.4) is 0 Å². The average molecular weight is 230 g/mol. The van der Waals surface area contributed by atoms with Gasteiger partial charge in [-0.15, -0.1) is 0 Å². The van der Waals surface area contributed by atoms with Crippen LogP contribution in [0.5, 0.6) is 17.2 Å². The van der Waals surface area contributed by atoms with Gasteiger partial charge in [-0.1, -0.05) is 24.3 Å². The smallest absolute Gasteiger partial charge is 0.164 e. The molecule has 0 aliphatic rings. The molecule has 0 radical (unpaired) electrons. The van der Waals surface area contributed by atoms with Gasteiger partial charge in [0, 0.05) is 11.1 Å². The molecule has 17 heavy (non-hydrogen) atoms. The van der Waals surface area contributed by atoms with Gasteiger partial charge in [-0.3, -0.25) is 0 Å². The fraction of sp³-hybridized carbons (Fsp3) is 0.143. The Labute approximate surface area is 99.6 Å². The zero-order valence-electron chi connectivity index (χ0n) is 9.73. The Morgan fingerprint density at radius 2 is 1.47 bits per heavy atom. The normalized spacial score (nSPS) is 10.5. The summed E-state index contributed by atoms with van der Waals surface area (Å²) < 4.78 is 0. The van der Waals surface area contributed by atoms with Gasteiger partial charge >= 0.3 is 0 Å². The predicted octanol–water partition coefficient (Wildman–Crippen LogP) is 3.09. The molecular formula is C14H14O3. The zero-order chi connectivity index (χ0) is 12.6. The first kappa shape index (κ1) is 11.3. The van der Waals surface area contributed by atoms with Crippen molar-refractivity contribution in [1.82, 2.24) is 0 Å². The summed E-state index contributed by atoms with van der Waals surface area (Å²) in [6.07, 6.45) is 0. The molecule has 2 aromatic carbocycles. The van der Waals surface area contributed by atoms with Crippen molar-refractivity contribution < 1.29 is 15.3 Å². The van der Waals surface area contributed by atoms with Crippen LogP contribution in [0, 0.1) is 13.8 Å². The first-order valence-corrected chi connectivity index (χ1v) is 5.33. The Morgan fingerprint density at radius 3 is 2.12 bits per heavy atom. The molecule has 0 spiro atoms. The van der Waals surface area contributed by atoms with Crippen LogP contribution < -0.4 is 0 Å². The van der Waals surface area contributed by atoms with Gasteiger partial charge in [0.15, 0.2) is 11.5 Å².